The quantitative estimate of drug-likeness (QED) is 0.761. The summed E-state index contributed by atoms with van der Waals surface area (Å²) >= 11 is 0. The van der Waals surface area contributed by atoms with Gasteiger partial charge in [-0.15, -0.1) is 0 Å². The minimum Gasteiger partial charge on any atom is -0.395 e. The number of hydrogen-bond acceptors (Lipinski definition) is 2. The fraction of sp³-hybridized carbons (Fsp3) is 0.167. The summed E-state index contributed by atoms with van der Waals surface area (Å²) in [5.74, 6) is -0.563. The highest BCUT2D eigenvalue weighted by molar-refractivity contribution is 5.98. The van der Waals surface area contributed by atoms with Gasteiger partial charge in [0.15, 0.2) is 0 Å². The Hall–Kier alpha value is -2.66. The van der Waals surface area contributed by atoms with E-state index in [1.165, 1.54) is 12.1 Å². The third-order valence-electron chi connectivity index (χ3n) is 3.69. The van der Waals surface area contributed by atoms with Crippen molar-refractivity contribution in [3.8, 4) is 0 Å². The molecule has 0 radical (unpaired) electrons. The number of benzene rings is 2. The number of H-pyrrole nitrogens is 1. The zero-order valence-corrected chi connectivity index (χ0v) is 12.5. The van der Waals surface area contributed by atoms with Crippen molar-refractivity contribution in [2.45, 2.75) is 6.54 Å². The van der Waals surface area contributed by atoms with Crippen LogP contribution in [-0.4, -0.2) is 34.0 Å². The van der Waals surface area contributed by atoms with Crippen molar-refractivity contribution in [2.75, 3.05) is 13.2 Å². The molecule has 4 nitrogen and oxygen atoms in total. The van der Waals surface area contributed by atoms with Gasteiger partial charge in [0.25, 0.3) is 5.91 Å². The number of nitrogens with zero attached hydrogens (tertiary/aromatic N) is 1. The Morgan fingerprint density at radius 1 is 1.13 bits per heavy atom. The lowest BCUT2D eigenvalue weighted by molar-refractivity contribution is 0.0703. The van der Waals surface area contributed by atoms with E-state index in [4.69, 9.17) is 0 Å². The molecule has 0 saturated heterocycles. The summed E-state index contributed by atoms with van der Waals surface area (Å²) < 4.78 is 13.3. The smallest absolute Gasteiger partial charge is 0.270 e. The minimum absolute atomic E-state index is 0.118. The Morgan fingerprint density at radius 2 is 1.91 bits per heavy atom. The lowest BCUT2D eigenvalue weighted by Gasteiger charge is -2.21. The highest BCUT2D eigenvalue weighted by Gasteiger charge is 2.18. The highest BCUT2D eigenvalue weighted by atomic mass is 19.1. The number of aromatic nitrogens is 1. The van der Waals surface area contributed by atoms with Crippen molar-refractivity contribution in [3.05, 3.63) is 71.7 Å². The van der Waals surface area contributed by atoms with Crippen molar-refractivity contribution in [1.82, 2.24) is 9.88 Å². The van der Waals surface area contributed by atoms with Gasteiger partial charge in [0, 0.05) is 24.0 Å². The van der Waals surface area contributed by atoms with E-state index in [0.29, 0.717) is 23.1 Å². The fourth-order valence-electron chi connectivity index (χ4n) is 2.57. The van der Waals surface area contributed by atoms with E-state index in [2.05, 4.69) is 4.98 Å². The second-order valence-electron chi connectivity index (χ2n) is 5.35. The molecule has 0 atom stereocenters. The first-order chi connectivity index (χ1) is 11.2. The number of aliphatic hydroxyl groups excluding tert-OH is 1. The molecule has 0 fully saturated rings. The molecule has 0 saturated carbocycles. The molecule has 2 aromatic carbocycles. The predicted molar refractivity (Wildman–Crippen MR) is 86.5 cm³/mol. The second-order valence-corrected chi connectivity index (χ2v) is 5.35. The Labute approximate surface area is 133 Å². The SMILES string of the molecule is O=C(c1cc2cc(F)ccc2[nH]1)N(CCO)Cc1ccccc1. The van der Waals surface area contributed by atoms with Gasteiger partial charge in [-0.2, -0.15) is 0 Å². The van der Waals surface area contributed by atoms with Crippen LogP contribution < -0.4 is 0 Å². The van der Waals surface area contributed by atoms with Gasteiger partial charge in [0.1, 0.15) is 11.5 Å². The van der Waals surface area contributed by atoms with Crippen LogP contribution in [0.5, 0.6) is 0 Å². The first-order valence-electron chi connectivity index (χ1n) is 7.40. The van der Waals surface area contributed by atoms with Gasteiger partial charge in [-0.3, -0.25) is 4.79 Å². The van der Waals surface area contributed by atoms with Crippen LogP contribution in [0, 0.1) is 5.82 Å². The minimum atomic E-state index is -0.341. The summed E-state index contributed by atoms with van der Waals surface area (Å²) in [7, 11) is 0. The van der Waals surface area contributed by atoms with Crippen molar-refractivity contribution in [3.63, 3.8) is 0 Å². The molecule has 0 unspecified atom stereocenters. The first-order valence-corrected chi connectivity index (χ1v) is 7.40. The molecule has 5 heteroatoms. The van der Waals surface area contributed by atoms with E-state index in [9.17, 15) is 14.3 Å². The van der Waals surface area contributed by atoms with Gasteiger partial charge in [0.2, 0.25) is 0 Å². The van der Waals surface area contributed by atoms with Gasteiger partial charge >= 0.3 is 0 Å². The predicted octanol–water partition coefficient (Wildman–Crippen LogP) is 2.94. The van der Waals surface area contributed by atoms with Crippen LogP contribution in [-0.2, 0) is 6.54 Å². The Bertz CT molecular complexity index is 814. The second kappa shape index (κ2) is 6.62. The number of carbonyl (C=O) groups excluding carboxylic acids is 1. The van der Waals surface area contributed by atoms with Crippen LogP contribution in [0.25, 0.3) is 10.9 Å². The fourth-order valence-corrected chi connectivity index (χ4v) is 2.57. The maximum absolute atomic E-state index is 13.3. The molecule has 0 aliphatic rings. The van der Waals surface area contributed by atoms with Crippen LogP contribution >= 0.6 is 0 Å². The number of aliphatic hydroxyl groups is 1. The Morgan fingerprint density at radius 3 is 2.65 bits per heavy atom. The van der Waals surface area contributed by atoms with E-state index in [-0.39, 0.29) is 24.9 Å². The summed E-state index contributed by atoms with van der Waals surface area (Å²) in [6.07, 6.45) is 0. The summed E-state index contributed by atoms with van der Waals surface area (Å²) in [5, 5.41) is 9.88. The van der Waals surface area contributed by atoms with Gasteiger partial charge in [-0.05, 0) is 29.8 Å². The summed E-state index contributed by atoms with van der Waals surface area (Å²) in [6, 6.07) is 15.6. The molecule has 1 heterocycles. The third kappa shape index (κ3) is 3.40. The number of amides is 1. The normalized spacial score (nSPS) is 10.9. The molecule has 0 bridgehead atoms. The molecule has 2 N–H and O–H groups in total. The van der Waals surface area contributed by atoms with Crippen LogP contribution in [0.15, 0.2) is 54.6 Å². The van der Waals surface area contributed by atoms with Gasteiger partial charge in [0.05, 0.1) is 6.61 Å². The van der Waals surface area contributed by atoms with E-state index in [1.807, 2.05) is 30.3 Å². The van der Waals surface area contributed by atoms with Crippen LogP contribution in [0.3, 0.4) is 0 Å². The van der Waals surface area contributed by atoms with Crippen molar-refractivity contribution < 1.29 is 14.3 Å². The Balaban J connectivity index is 1.87. The molecule has 0 aliphatic heterocycles. The number of halogens is 1. The van der Waals surface area contributed by atoms with Gasteiger partial charge in [-0.25, -0.2) is 4.39 Å². The van der Waals surface area contributed by atoms with Crippen molar-refractivity contribution in [2.24, 2.45) is 0 Å². The van der Waals surface area contributed by atoms with Gasteiger partial charge < -0.3 is 15.0 Å². The van der Waals surface area contributed by atoms with Crippen molar-refractivity contribution in [1.29, 1.82) is 0 Å². The number of fused-ring (bicyclic) bond motifs is 1. The lowest BCUT2D eigenvalue weighted by atomic mass is 10.2. The summed E-state index contributed by atoms with van der Waals surface area (Å²) in [5.41, 5.74) is 2.07. The molecule has 3 rings (SSSR count). The number of hydrogen-bond donors (Lipinski definition) is 2. The number of aromatic amines is 1. The van der Waals surface area contributed by atoms with E-state index in [0.717, 1.165) is 5.56 Å². The largest absolute Gasteiger partial charge is 0.395 e. The molecule has 3 aromatic rings. The highest BCUT2D eigenvalue weighted by Crippen LogP contribution is 2.18. The lowest BCUT2D eigenvalue weighted by Crippen LogP contribution is -2.33. The third-order valence-corrected chi connectivity index (χ3v) is 3.69. The molecule has 23 heavy (non-hydrogen) atoms. The molecule has 1 amide bonds. The molecule has 0 spiro atoms. The average molecular weight is 312 g/mol. The van der Waals surface area contributed by atoms with Crippen LogP contribution in [0.4, 0.5) is 4.39 Å². The van der Waals surface area contributed by atoms with Gasteiger partial charge in [-0.1, -0.05) is 30.3 Å². The monoisotopic (exact) mass is 312 g/mol. The van der Waals surface area contributed by atoms with Crippen LogP contribution in [0.2, 0.25) is 0 Å². The number of rotatable bonds is 5. The molecule has 118 valence electrons. The Kier molecular flexibility index (Phi) is 4.39. The topological polar surface area (TPSA) is 56.3 Å². The number of carbonyl (C=O) groups is 1. The number of nitrogens with one attached hydrogen (secondary N) is 1. The maximum atomic E-state index is 13.3. The van der Waals surface area contributed by atoms with E-state index in [1.54, 1.807) is 17.0 Å². The zero-order valence-electron chi connectivity index (χ0n) is 12.5. The van der Waals surface area contributed by atoms with E-state index < -0.39 is 0 Å². The summed E-state index contributed by atoms with van der Waals surface area (Å²) in [4.78, 5) is 17.3. The standard InChI is InChI=1S/C18H17FN2O2/c19-15-6-7-16-14(10-15)11-17(20-16)18(23)21(8-9-22)12-13-4-2-1-3-5-13/h1-7,10-11,20,22H,8-9,12H2. The van der Waals surface area contributed by atoms with Crippen molar-refractivity contribution >= 4 is 16.8 Å². The van der Waals surface area contributed by atoms with Crippen LogP contribution in [0.1, 0.15) is 16.1 Å². The zero-order chi connectivity index (χ0) is 16.2. The first kappa shape index (κ1) is 15.2. The molecular formula is C18H17FN2O2. The summed E-state index contributed by atoms with van der Waals surface area (Å²) in [6.45, 7) is 0.523. The molecule has 0 aliphatic carbocycles. The average Bonchev–Trinajstić information content (AvgIpc) is 2.98. The van der Waals surface area contributed by atoms with E-state index >= 15 is 0 Å². The molecular weight excluding hydrogens is 295 g/mol. The molecule has 1 aromatic heterocycles. The maximum Gasteiger partial charge on any atom is 0.270 e.